The zero-order chi connectivity index (χ0) is 14.5. The predicted molar refractivity (Wildman–Crippen MR) is 73.3 cm³/mol. The Morgan fingerprint density at radius 1 is 1.50 bits per heavy atom. The fourth-order valence-corrected chi connectivity index (χ4v) is 2.97. The lowest BCUT2D eigenvalue weighted by Crippen LogP contribution is -2.41. The Morgan fingerprint density at radius 2 is 2.20 bits per heavy atom. The molecule has 0 spiro atoms. The third kappa shape index (κ3) is 2.01. The van der Waals surface area contributed by atoms with Crippen molar-refractivity contribution in [3.05, 3.63) is 23.0 Å². The summed E-state index contributed by atoms with van der Waals surface area (Å²) >= 11 is 0. The van der Waals surface area contributed by atoms with Gasteiger partial charge in [0, 0.05) is 18.0 Å². The van der Waals surface area contributed by atoms with Crippen LogP contribution in [0.4, 0.5) is 0 Å². The summed E-state index contributed by atoms with van der Waals surface area (Å²) in [7, 11) is 0. The number of nitrogens with two attached hydrogens (primary N) is 1. The Kier molecular flexibility index (Phi) is 2.88. The van der Waals surface area contributed by atoms with Crippen molar-refractivity contribution in [3.63, 3.8) is 0 Å². The number of hydrogen-bond acceptors (Lipinski definition) is 3. The van der Waals surface area contributed by atoms with E-state index in [4.69, 9.17) is 10.5 Å². The van der Waals surface area contributed by atoms with Crippen molar-refractivity contribution < 1.29 is 14.3 Å². The van der Waals surface area contributed by atoms with Crippen molar-refractivity contribution in [1.29, 1.82) is 0 Å². The molecule has 2 aliphatic carbocycles. The van der Waals surface area contributed by atoms with E-state index in [1.807, 2.05) is 6.08 Å². The first-order chi connectivity index (χ1) is 9.41. The van der Waals surface area contributed by atoms with Gasteiger partial charge in [-0.1, -0.05) is 6.92 Å². The van der Waals surface area contributed by atoms with E-state index in [1.54, 1.807) is 6.92 Å². The van der Waals surface area contributed by atoms with E-state index in [9.17, 15) is 9.59 Å². The van der Waals surface area contributed by atoms with E-state index in [0.717, 1.165) is 18.4 Å². The molecule has 0 bridgehead atoms. The van der Waals surface area contributed by atoms with Crippen LogP contribution < -0.4 is 11.1 Å². The molecule has 1 aliphatic heterocycles. The number of nitrogens with one attached hydrogen (secondary N) is 1. The molecule has 5 nitrogen and oxygen atoms in total. The number of ether oxygens (including phenoxy) is 1. The number of amides is 2. The first-order valence-electron chi connectivity index (χ1n) is 7.09. The van der Waals surface area contributed by atoms with Gasteiger partial charge >= 0.3 is 0 Å². The molecular weight excluding hydrogens is 256 g/mol. The van der Waals surface area contributed by atoms with Crippen LogP contribution >= 0.6 is 0 Å². The lowest BCUT2D eigenvalue weighted by atomic mass is 9.75. The number of carbonyl (C=O) groups is 2. The number of carbonyl (C=O) groups excluding carboxylic acids is 2. The normalized spacial score (nSPS) is 35.0. The molecule has 0 aromatic rings. The lowest BCUT2D eigenvalue weighted by Gasteiger charge is -2.31. The van der Waals surface area contributed by atoms with Gasteiger partial charge in [-0.2, -0.15) is 0 Å². The molecule has 0 radical (unpaired) electrons. The second-order valence-electron chi connectivity index (χ2n) is 6.29. The van der Waals surface area contributed by atoms with Crippen molar-refractivity contribution in [2.24, 2.45) is 17.1 Å². The van der Waals surface area contributed by atoms with Crippen molar-refractivity contribution in [2.45, 2.75) is 39.2 Å². The topological polar surface area (TPSA) is 81.4 Å². The summed E-state index contributed by atoms with van der Waals surface area (Å²) in [5, 5.41) is 3.01. The van der Waals surface area contributed by atoms with Crippen LogP contribution in [0.5, 0.6) is 0 Å². The minimum Gasteiger partial charge on any atom is -0.496 e. The van der Waals surface area contributed by atoms with Crippen molar-refractivity contribution in [2.75, 3.05) is 6.61 Å². The standard InChI is InChI=1S/C15H20N2O3/c1-8-5-11(8)17-13(18)10-6-9-3-4-20-12(9)15(2,7-10)14(16)19/h6,8,11H,3-5,7H2,1-2H3,(H2,16,19)(H,17,18)/t8-,11-,15?/m0/s1. The van der Waals surface area contributed by atoms with Crippen molar-refractivity contribution >= 4 is 11.8 Å². The van der Waals surface area contributed by atoms with Gasteiger partial charge in [0.2, 0.25) is 11.8 Å². The molecule has 1 saturated carbocycles. The summed E-state index contributed by atoms with van der Waals surface area (Å²) in [6.45, 7) is 4.42. The minimum atomic E-state index is -0.900. The van der Waals surface area contributed by atoms with E-state index < -0.39 is 11.3 Å². The second kappa shape index (κ2) is 4.36. The molecule has 3 N–H and O–H groups in total. The first kappa shape index (κ1) is 13.2. The molecule has 1 unspecified atom stereocenters. The van der Waals surface area contributed by atoms with E-state index in [2.05, 4.69) is 12.2 Å². The van der Waals surface area contributed by atoms with Crippen LogP contribution in [0.15, 0.2) is 23.0 Å². The number of hydrogen-bond donors (Lipinski definition) is 2. The summed E-state index contributed by atoms with van der Waals surface area (Å²) in [6.07, 6.45) is 3.95. The molecule has 2 amide bonds. The molecule has 3 atom stereocenters. The molecule has 1 fully saturated rings. The third-order valence-electron chi connectivity index (χ3n) is 4.56. The Morgan fingerprint density at radius 3 is 2.80 bits per heavy atom. The summed E-state index contributed by atoms with van der Waals surface area (Å²) in [4.78, 5) is 24.1. The van der Waals surface area contributed by atoms with Crippen LogP contribution in [-0.4, -0.2) is 24.5 Å². The Bertz CT molecular complexity index is 549. The molecule has 0 aromatic carbocycles. The van der Waals surface area contributed by atoms with Crippen LogP contribution in [0.25, 0.3) is 0 Å². The van der Waals surface area contributed by atoms with Crippen molar-refractivity contribution in [3.8, 4) is 0 Å². The van der Waals surface area contributed by atoms with Gasteiger partial charge in [0.05, 0.1) is 6.61 Å². The van der Waals surface area contributed by atoms with Gasteiger partial charge in [-0.05, 0) is 37.3 Å². The molecule has 0 saturated heterocycles. The van der Waals surface area contributed by atoms with Gasteiger partial charge in [-0.3, -0.25) is 9.59 Å². The average molecular weight is 276 g/mol. The molecule has 108 valence electrons. The molecule has 1 heterocycles. The van der Waals surface area contributed by atoms with Crippen LogP contribution in [-0.2, 0) is 14.3 Å². The highest BCUT2D eigenvalue weighted by Gasteiger charge is 2.45. The maximum atomic E-state index is 12.3. The van der Waals surface area contributed by atoms with Crippen molar-refractivity contribution in [1.82, 2.24) is 5.32 Å². The number of rotatable bonds is 3. The molecule has 20 heavy (non-hydrogen) atoms. The quantitative estimate of drug-likeness (QED) is 0.807. The SMILES string of the molecule is C[C@H]1C[C@@H]1NC(=O)C1=CC2=C(OCC2)C(C)(C(N)=O)C1. The Hall–Kier alpha value is -1.78. The maximum absolute atomic E-state index is 12.3. The number of allylic oxidation sites excluding steroid dienone is 1. The summed E-state index contributed by atoms with van der Waals surface area (Å²) < 4.78 is 5.57. The van der Waals surface area contributed by atoms with Crippen LogP contribution in [0.1, 0.15) is 33.1 Å². The average Bonchev–Trinajstić information content (AvgIpc) is 2.90. The van der Waals surface area contributed by atoms with Gasteiger partial charge in [0.25, 0.3) is 0 Å². The first-order valence-corrected chi connectivity index (χ1v) is 7.09. The van der Waals surface area contributed by atoms with Gasteiger partial charge in [-0.15, -0.1) is 0 Å². The maximum Gasteiger partial charge on any atom is 0.247 e. The van der Waals surface area contributed by atoms with E-state index in [-0.39, 0.29) is 11.9 Å². The number of primary amides is 1. The van der Waals surface area contributed by atoms with Gasteiger partial charge in [0.15, 0.2) is 0 Å². The fraction of sp³-hybridized carbons (Fsp3) is 0.600. The summed E-state index contributed by atoms with van der Waals surface area (Å²) in [5.41, 5.74) is 6.21. The zero-order valence-electron chi connectivity index (χ0n) is 11.9. The Labute approximate surface area is 118 Å². The van der Waals surface area contributed by atoms with E-state index >= 15 is 0 Å². The summed E-state index contributed by atoms with van der Waals surface area (Å²) in [6, 6.07) is 0.276. The highest BCUT2D eigenvalue weighted by Crippen LogP contribution is 2.44. The summed E-state index contributed by atoms with van der Waals surface area (Å²) in [5.74, 6) is 0.687. The second-order valence-corrected chi connectivity index (χ2v) is 6.29. The molecule has 0 aromatic heterocycles. The van der Waals surface area contributed by atoms with E-state index in [1.165, 1.54) is 0 Å². The van der Waals surface area contributed by atoms with E-state index in [0.29, 0.717) is 30.3 Å². The highest BCUT2D eigenvalue weighted by atomic mass is 16.5. The highest BCUT2D eigenvalue weighted by molar-refractivity contribution is 5.97. The zero-order valence-corrected chi connectivity index (χ0v) is 11.9. The third-order valence-corrected chi connectivity index (χ3v) is 4.56. The lowest BCUT2D eigenvalue weighted by molar-refractivity contribution is -0.127. The molecule has 3 aliphatic rings. The molecular formula is C15H20N2O3. The largest absolute Gasteiger partial charge is 0.496 e. The molecule has 5 heteroatoms. The molecule has 3 rings (SSSR count). The predicted octanol–water partition coefficient (Wildman–Crippen LogP) is 1.01. The minimum absolute atomic E-state index is 0.0784. The van der Waals surface area contributed by atoms with Crippen LogP contribution in [0, 0.1) is 11.3 Å². The fourth-order valence-electron chi connectivity index (χ4n) is 2.97. The van der Waals surface area contributed by atoms with Gasteiger partial charge in [0.1, 0.15) is 11.2 Å². The van der Waals surface area contributed by atoms with Crippen LogP contribution in [0.2, 0.25) is 0 Å². The monoisotopic (exact) mass is 276 g/mol. The van der Waals surface area contributed by atoms with Crippen LogP contribution in [0.3, 0.4) is 0 Å². The van der Waals surface area contributed by atoms with Gasteiger partial charge in [-0.25, -0.2) is 0 Å². The Balaban J connectivity index is 1.86. The van der Waals surface area contributed by atoms with Gasteiger partial charge < -0.3 is 15.8 Å². The smallest absolute Gasteiger partial charge is 0.247 e.